The molecule has 0 radical (unpaired) electrons. The molecule has 0 aliphatic heterocycles. The number of hydrogen-bond donors (Lipinski definition) is 0. The predicted octanol–water partition coefficient (Wildman–Crippen LogP) is -1.50. The Morgan fingerprint density at radius 1 is 1.08 bits per heavy atom. The minimum atomic E-state index is -4.22. The lowest BCUT2D eigenvalue weighted by Gasteiger charge is -2.07. The lowest BCUT2D eigenvalue weighted by atomic mass is 11.3. The summed E-state index contributed by atoms with van der Waals surface area (Å²) in [4.78, 5) is 0. The van der Waals surface area contributed by atoms with Gasteiger partial charge in [-0.2, -0.15) is 12.7 Å². The van der Waals surface area contributed by atoms with E-state index in [4.69, 9.17) is 0 Å². The number of rotatable bonds is 3. The van der Waals surface area contributed by atoms with Gasteiger partial charge in [-0.15, -0.1) is 0 Å². The zero-order valence-electron chi connectivity index (χ0n) is 6.71. The molecule has 1 unspecified atom stereocenters. The second-order valence-electron chi connectivity index (χ2n) is 2.15. The summed E-state index contributed by atoms with van der Waals surface area (Å²) < 4.78 is 54.4. The van der Waals surface area contributed by atoms with Gasteiger partial charge in [0.1, 0.15) is 0 Å². The molecule has 0 fully saturated rings. The van der Waals surface area contributed by atoms with Crippen molar-refractivity contribution in [1.82, 2.24) is 4.31 Å². The molecule has 0 saturated carbocycles. The fourth-order valence-electron chi connectivity index (χ4n) is 0.278. The molecule has 0 saturated heterocycles. The lowest BCUT2D eigenvalue weighted by Crippen LogP contribution is -2.29. The van der Waals surface area contributed by atoms with Crippen LogP contribution in [0.25, 0.3) is 0 Å². The Hall–Kier alpha value is 0.01000. The van der Waals surface area contributed by atoms with Gasteiger partial charge in [-0.3, -0.25) is 0 Å². The summed E-state index contributed by atoms with van der Waals surface area (Å²) in [6, 6.07) is 0. The van der Waals surface area contributed by atoms with E-state index >= 15 is 0 Å². The van der Waals surface area contributed by atoms with Crippen LogP contribution in [-0.4, -0.2) is 45.7 Å². The second-order valence-corrected chi connectivity index (χ2v) is 11.1. The van der Waals surface area contributed by atoms with Gasteiger partial charge in [0, 0.05) is 14.1 Å². The number of nitrogens with zero attached hydrogens (tertiary/aromatic N) is 1. The molecule has 0 aromatic rings. The largest absolute Gasteiger partial charge is 0.309 e. The molecule has 0 rings (SSSR count). The maximum absolute atomic E-state index is 10.9. The van der Waals surface area contributed by atoms with E-state index in [0.717, 1.165) is 14.1 Å². The molecular weight excluding hydrogens is 226 g/mol. The van der Waals surface area contributed by atoms with E-state index in [9.17, 15) is 21.0 Å². The molecule has 12 heavy (non-hydrogen) atoms. The van der Waals surface area contributed by atoms with Gasteiger partial charge in [0.05, 0.1) is 6.26 Å². The van der Waals surface area contributed by atoms with Crippen LogP contribution in [0, 0.1) is 0 Å². The van der Waals surface area contributed by atoms with Crippen LogP contribution in [-0.2, 0) is 26.8 Å². The van der Waals surface area contributed by atoms with Crippen LogP contribution in [0.2, 0.25) is 0 Å². The van der Waals surface area contributed by atoms with Gasteiger partial charge in [0.15, 0.2) is 0 Å². The molecule has 6 nitrogen and oxygen atoms in total. The Kier molecular flexibility index (Phi) is 3.40. The van der Waals surface area contributed by atoms with Gasteiger partial charge in [0.2, 0.25) is 8.87 Å². The van der Waals surface area contributed by atoms with Gasteiger partial charge < -0.3 is 0 Å². The zero-order chi connectivity index (χ0) is 10.2. The average Bonchev–Trinajstić information content (AvgIpc) is 1.83. The Bertz CT molecular complexity index is 376. The maximum Gasteiger partial charge on any atom is 0.309 e. The molecule has 1 atom stereocenters. The van der Waals surface area contributed by atoms with Crippen LogP contribution in [0.1, 0.15) is 0 Å². The van der Waals surface area contributed by atoms with Crippen molar-refractivity contribution in [2.24, 2.45) is 0 Å². The molecule has 0 aliphatic carbocycles. The van der Waals surface area contributed by atoms with Gasteiger partial charge in [-0.25, -0.2) is 12.6 Å². The van der Waals surface area contributed by atoms with E-state index in [-0.39, 0.29) is 0 Å². The summed E-state index contributed by atoms with van der Waals surface area (Å²) in [6.45, 7) is 0. The van der Waals surface area contributed by atoms with Crippen LogP contribution in [0.3, 0.4) is 0 Å². The average molecular weight is 235 g/mol. The van der Waals surface area contributed by atoms with Gasteiger partial charge >= 0.3 is 9.06 Å². The highest BCUT2D eigenvalue weighted by molar-refractivity contribution is 8.95. The van der Waals surface area contributed by atoms with E-state index in [1.165, 1.54) is 0 Å². The molecule has 0 bridgehead atoms. The molecule has 0 aromatic heterocycles. The van der Waals surface area contributed by atoms with Crippen molar-refractivity contribution >= 4 is 26.8 Å². The maximum atomic E-state index is 10.9. The third kappa shape index (κ3) is 2.51. The van der Waals surface area contributed by atoms with Crippen LogP contribution >= 0.6 is 0 Å². The summed E-state index contributed by atoms with van der Waals surface area (Å²) in [6.07, 6.45) is 0.601. The fourth-order valence-corrected chi connectivity index (χ4v) is 6.41. The third-order valence-electron chi connectivity index (χ3n) is 0.866. The second kappa shape index (κ2) is 3.40. The minimum absolute atomic E-state index is 0.601. The van der Waals surface area contributed by atoms with Crippen molar-refractivity contribution in [1.29, 1.82) is 0 Å². The van der Waals surface area contributed by atoms with E-state index in [1.807, 2.05) is 0 Å². The standard InChI is InChI=1S/C3H9NO5S3/c1-4(2)12(8,9)10(5)11(3,6)7/h1-3H3. The minimum Gasteiger partial charge on any atom is -0.225 e. The first-order chi connectivity index (χ1) is 5.10. The normalized spacial score (nSPS) is 16.3. The summed E-state index contributed by atoms with van der Waals surface area (Å²) in [7, 11) is -8.97. The summed E-state index contributed by atoms with van der Waals surface area (Å²) >= 11 is 0. The van der Waals surface area contributed by atoms with Crippen molar-refractivity contribution in [3.05, 3.63) is 0 Å². The van der Waals surface area contributed by atoms with Crippen LogP contribution in [0.4, 0.5) is 0 Å². The van der Waals surface area contributed by atoms with Crippen molar-refractivity contribution in [2.45, 2.75) is 0 Å². The Balaban J connectivity index is 5.28. The highest BCUT2D eigenvalue weighted by Gasteiger charge is 2.31. The van der Waals surface area contributed by atoms with E-state index in [1.54, 1.807) is 0 Å². The van der Waals surface area contributed by atoms with Crippen molar-refractivity contribution < 1.29 is 21.0 Å². The summed E-state index contributed by atoms with van der Waals surface area (Å²) in [5, 5.41) is 0. The van der Waals surface area contributed by atoms with Crippen molar-refractivity contribution in [3.63, 3.8) is 0 Å². The van der Waals surface area contributed by atoms with Crippen LogP contribution < -0.4 is 0 Å². The zero-order valence-corrected chi connectivity index (χ0v) is 9.16. The summed E-state index contributed by atoms with van der Waals surface area (Å²) in [5.41, 5.74) is 0. The first kappa shape index (κ1) is 12.0. The van der Waals surface area contributed by atoms with E-state index in [0.29, 0.717) is 10.6 Å². The molecule has 9 heteroatoms. The molecule has 0 aliphatic rings. The Morgan fingerprint density at radius 3 is 1.50 bits per heavy atom. The topological polar surface area (TPSA) is 88.6 Å². The SMILES string of the molecule is CN(C)S(=O)(=O)S(=O)S(C)(=O)=O. The first-order valence-electron chi connectivity index (χ1n) is 2.65. The van der Waals surface area contributed by atoms with Crippen LogP contribution in [0.5, 0.6) is 0 Å². The lowest BCUT2D eigenvalue weighted by molar-refractivity contribution is 0.536. The van der Waals surface area contributed by atoms with Crippen molar-refractivity contribution in [2.75, 3.05) is 20.4 Å². The number of hydrogen-bond acceptors (Lipinski definition) is 5. The van der Waals surface area contributed by atoms with Gasteiger partial charge in [-0.05, 0) is 0 Å². The molecule has 0 spiro atoms. The monoisotopic (exact) mass is 235 g/mol. The Morgan fingerprint density at radius 2 is 1.42 bits per heavy atom. The Labute approximate surface area is 72.8 Å². The molecule has 0 N–H and O–H groups in total. The van der Waals surface area contributed by atoms with Gasteiger partial charge in [0.25, 0.3) is 8.86 Å². The molecule has 0 heterocycles. The molecule has 0 amide bonds. The molecule has 0 aromatic carbocycles. The van der Waals surface area contributed by atoms with Crippen molar-refractivity contribution in [3.8, 4) is 0 Å². The molecular formula is C3H9NO5S3. The van der Waals surface area contributed by atoms with E-state index in [2.05, 4.69) is 0 Å². The fraction of sp³-hybridized carbons (Fsp3) is 1.00. The first-order valence-corrected chi connectivity index (χ1v) is 8.17. The summed E-state index contributed by atoms with van der Waals surface area (Å²) in [5.74, 6) is 0. The van der Waals surface area contributed by atoms with Gasteiger partial charge in [-0.1, -0.05) is 0 Å². The highest BCUT2D eigenvalue weighted by Crippen LogP contribution is 2.07. The third-order valence-corrected chi connectivity index (χ3v) is 9.78. The predicted molar refractivity (Wildman–Crippen MR) is 45.6 cm³/mol. The van der Waals surface area contributed by atoms with Crippen LogP contribution in [0.15, 0.2) is 0 Å². The smallest absolute Gasteiger partial charge is 0.225 e. The quantitative estimate of drug-likeness (QED) is 0.555. The highest BCUT2D eigenvalue weighted by atomic mass is 33.5. The van der Waals surface area contributed by atoms with E-state index < -0.39 is 26.8 Å². The molecule has 74 valence electrons.